The molecule has 2 heterocycles. The molecule has 0 bridgehead atoms. The number of carbonyl (C=O) groups is 1. The average molecular weight is 418 g/mol. The van der Waals surface area contributed by atoms with Crippen molar-refractivity contribution < 1.29 is 21.6 Å². The predicted octanol–water partition coefficient (Wildman–Crippen LogP) is 1.45. The Hall–Kier alpha value is -1.56. The molecule has 3 rings (SSSR count). The maximum absolute atomic E-state index is 12.5. The quantitative estimate of drug-likeness (QED) is 0.788. The molecule has 1 aliphatic heterocycles. The number of rotatable bonds is 5. The number of amides is 1. The van der Waals surface area contributed by atoms with Gasteiger partial charge in [-0.2, -0.15) is 4.31 Å². The summed E-state index contributed by atoms with van der Waals surface area (Å²) in [7, 11) is -6.83. The van der Waals surface area contributed by atoms with Crippen molar-refractivity contribution in [1.29, 1.82) is 0 Å². The van der Waals surface area contributed by atoms with Crippen molar-refractivity contribution in [3.05, 3.63) is 18.2 Å². The van der Waals surface area contributed by atoms with Gasteiger partial charge < -0.3 is 5.32 Å². The number of hydrogen-bond acceptors (Lipinski definition) is 7. The first-order valence-corrected chi connectivity index (χ1v) is 12.3. The Balaban J connectivity index is 1.84. The van der Waals surface area contributed by atoms with Crippen molar-refractivity contribution in [3.8, 4) is 0 Å². The number of benzene rings is 1. The van der Waals surface area contributed by atoms with Gasteiger partial charge in [0.05, 0.1) is 22.2 Å². The number of aromatic nitrogens is 1. The van der Waals surface area contributed by atoms with Crippen LogP contribution >= 0.6 is 11.3 Å². The van der Waals surface area contributed by atoms with Gasteiger partial charge in [-0.15, -0.1) is 11.3 Å². The molecule has 0 radical (unpaired) electrons. The number of sulfone groups is 1. The molecule has 1 unspecified atom stereocenters. The van der Waals surface area contributed by atoms with Crippen LogP contribution in [0.5, 0.6) is 0 Å². The fourth-order valence-electron chi connectivity index (χ4n) is 2.86. The van der Waals surface area contributed by atoms with Crippen LogP contribution in [0.2, 0.25) is 0 Å². The van der Waals surface area contributed by atoms with Crippen molar-refractivity contribution in [1.82, 2.24) is 9.29 Å². The summed E-state index contributed by atoms with van der Waals surface area (Å²) in [6, 6.07) is 4.19. The monoisotopic (exact) mass is 417 g/mol. The second-order valence-corrected chi connectivity index (χ2v) is 11.5. The molecule has 0 spiro atoms. The van der Waals surface area contributed by atoms with E-state index in [1.807, 2.05) is 0 Å². The van der Waals surface area contributed by atoms with Gasteiger partial charge in [-0.25, -0.2) is 21.8 Å². The van der Waals surface area contributed by atoms with E-state index < -0.39 is 31.8 Å². The molecule has 1 aromatic heterocycles. The molecule has 11 heteroatoms. The first kappa shape index (κ1) is 19.2. The topological polar surface area (TPSA) is 114 Å². The average Bonchev–Trinajstić information content (AvgIpc) is 3.21. The van der Waals surface area contributed by atoms with E-state index in [2.05, 4.69) is 10.3 Å². The number of nitrogens with zero attached hydrogens (tertiary/aromatic N) is 2. The van der Waals surface area contributed by atoms with Gasteiger partial charge >= 0.3 is 0 Å². The van der Waals surface area contributed by atoms with Gasteiger partial charge in [0, 0.05) is 12.2 Å². The van der Waals surface area contributed by atoms with Gasteiger partial charge in [0.2, 0.25) is 30.1 Å². The molecule has 1 aromatic carbocycles. The van der Waals surface area contributed by atoms with Crippen LogP contribution in [0.4, 0.5) is 5.69 Å². The van der Waals surface area contributed by atoms with Gasteiger partial charge in [0.1, 0.15) is 6.04 Å². The second-order valence-electron chi connectivity index (χ2n) is 6.09. The first-order chi connectivity index (χ1) is 12.1. The van der Waals surface area contributed by atoms with Crippen LogP contribution in [0.25, 0.3) is 10.2 Å². The summed E-state index contributed by atoms with van der Waals surface area (Å²) in [5, 5.41) is 2.72. The van der Waals surface area contributed by atoms with E-state index in [1.54, 1.807) is 25.1 Å². The molecule has 1 atom stereocenters. The Morgan fingerprint density at radius 2 is 2.08 bits per heavy atom. The molecule has 1 amide bonds. The van der Waals surface area contributed by atoms with Crippen molar-refractivity contribution in [2.24, 2.45) is 0 Å². The van der Waals surface area contributed by atoms with Gasteiger partial charge in [0.25, 0.3) is 0 Å². The zero-order chi connectivity index (χ0) is 19.1. The van der Waals surface area contributed by atoms with E-state index in [1.165, 1.54) is 4.31 Å². The van der Waals surface area contributed by atoms with E-state index in [0.717, 1.165) is 17.6 Å². The smallest absolute Gasteiger partial charge is 0.242 e. The Morgan fingerprint density at radius 3 is 2.73 bits per heavy atom. The SMILES string of the molecule is CCS(=O)(=O)c1nc2ccc(NC(=O)C3CCCN3S(C)(=O)=O)cc2s1. The minimum atomic E-state index is -3.44. The molecule has 0 saturated carbocycles. The fourth-order valence-corrected chi connectivity index (χ4v) is 6.34. The third-order valence-corrected chi connectivity index (χ3v) is 8.71. The van der Waals surface area contributed by atoms with E-state index in [4.69, 9.17) is 0 Å². The maximum atomic E-state index is 12.5. The van der Waals surface area contributed by atoms with Gasteiger partial charge in [-0.05, 0) is 31.0 Å². The van der Waals surface area contributed by atoms with Crippen LogP contribution in [-0.4, -0.2) is 56.6 Å². The lowest BCUT2D eigenvalue weighted by Crippen LogP contribution is -2.42. The highest BCUT2D eigenvalue weighted by molar-refractivity contribution is 7.93. The standard InChI is InChI=1S/C15H19N3O5S3/c1-3-26(22,23)15-17-11-7-6-10(9-13(11)24-15)16-14(19)12-5-4-8-18(12)25(2,20)21/h6-7,9,12H,3-5,8H2,1-2H3,(H,16,19). The third kappa shape index (κ3) is 3.75. The lowest BCUT2D eigenvalue weighted by atomic mass is 10.2. The molecule has 2 aromatic rings. The summed E-state index contributed by atoms with van der Waals surface area (Å²) in [5.41, 5.74) is 1.02. The highest BCUT2D eigenvalue weighted by atomic mass is 32.2. The predicted molar refractivity (Wildman–Crippen MR) is 101 cm³/mol. The number of nitrogens with one attached hydrogen (secondary N) is 1. The van der Waals surface area contributed by atoms with Gasteiger partial charge in [0.15, 0.2) is 0 Å². The van der Waals surface area contributed by atoms with Crippen LogP contribution in [0.15, 0.2) is 22.5 Å². The normalized spacial score (nSPS) is 19.1. The van der Waals surface area contributed by atoms with Crippen LogP contribution < -0.4 is 5.32 Å². The largest absolute Gasteiger partial charge is 0.325 e. The summed E-state index contributed by atoms with van der Waals surface area (Å²) in [6.45, 7) is 1.89. The Labute approximate surface area is 156 Å². The maximum Gasteiger partial charge on any atom is 0.242 e. The summed E-state index contributed by atoms with van der Waals surface area (Å²) >= 11 is 1.05. The third-order valence-electron chi connectivity index (χ3n) is 4.21. The number of hydrogen-bond donors (Lipinski definition) is 1. The summed E-state index contributed by atoms with van der Waals surface area (Å²) in [4.78, 5) is 16.6. The number of thiazole rings is 1. The highest BCUT2D eigenvalue weighted by Crippen LogP contribution is 2.29. The van der Waals surface area contributed by atoms with Gasteiger partial charge in [-0.3, -0.25) is 4.79 Å². The van der Waals surface area contributed by atoms with Crippen molar-refractivity contribution in [2.45, 2.75) is 30.1 Å². The Kier molecular flexibility index (Phi) is 5.08. The number of carbonyl (C=O) groups excluding carboxylic acids is 1. The van der Waals surface area contributed by atoms with E-state index in [9.17, 15) is 21.6 Å². The summed E-state index contributed by atoms with van der Waals surface area (Å²) in [5.74, 6) is -0.419. The lowest BCUT2D eigenvalue weighted by molar-refractivity contribution is -0.119. The van der Waals surface area contributed by atoms with Crippen LogP contribution in [0, 0.1) is 0 Å². The van der Waals surface area contributed by atoms with Crippen molar-refractivity contribution >= 4 is 53.0 Å². The summed E-state index contributed by atoms with van der Waals surface area (Å²) < 4.78 is 49.4. The highest BCUT2D eigenvalue weighted by Gasteiger charge is 2.36. The van der Waals surface area contributed by atoms with Crippen LogP contribution in [0.1, 0.15) is 19.8 Å². The first-order valence-electron chi connectivity index (χ1n) is 8.03. The van der Waals surface area contributed by atoms with Gasteiger partial charge in [-0.1, -0.05) is 6.92 Å². The van der Waals surface area contributed by atoms with Crippen LogP contribution in [0.3, 0.4) is 0 Å². The fraction of sp³-hybridized carbons (Fsp3) is 0.467. The molecular formula is C15H19N3O5S3. The molecule has 26 heavy (non-hydrogen) atoms. The van der Waals surface area contributed by atoms with E-state index >= 15 is 0 Å². The zero-order valence-corrected chi connectivity index (χ0v) is 16.7. The molecule has 8 nitrogen and oxygen atoms in total. The minimum Gasteiger partial charge on any atom is -0.325 e. The van der Waals surface area contributed by atoms with E-state index in [0.29, 0.717) is 35.3 Å². The molecule has 1 saturated heterocycles. The Bertz CT molecular complexity index is 1060. The molecule has 1 fully saturated rings. The summed E-state index contributed by atoms with van der Waals surface area (Å²) in [6.07, 6.45) is 2.20. The molecule has 142 valence electrons. The minimum absolute atomic E-state index is 0.0284. The zero-order valence-electron chi connectivity index (χ0n) is 14.3. The second kappa shape index (κ2) is 6.87. The molecule has 1 aliphatic rings. The number of sulfonamides is 1. The van der Waals surface area contributed by atoms with E-state index in [-0.39, 0.29) is 10.1 Å². The van der Waals surface area contributed by atoms with Crippen LogP contribution in [-0.2, 0) is 24.7 Å². The lowest BCUT2D eigenvalue weighted by Gasteiger charge is -2.21. The van der Waals surface area contributed by atoms with Crippen molar-refractivity contribution in [2.75, 3.05) is 23.9 Å². The van der Waals surface area contributed by atoms with Crippen molar-refractivity contribution in [3.63, 3.8) is 0 Å². The Morgan fingerprint density at radius 1 is 1.35 bits per heavy atom. The molecule has 0 aliphatic carbocycles. The number of anilines is 1. The molecule has 1 N–H and O–H groups in total. The molecular weight excluding hydrogens is 398 g/mol. The number of fused-ring (bicyclic) bond motifs is 1.